The first kappa shape index (κ1) is 19.3. The Balaban J connectivity index is 1.83. The molecule has 1 amide bonds. The molecule has 1 N–H and O–H groups in total. The maximum atomic E-state index is 13.6. The smallest absolute Gasteiger partial charge is 0.416 e. The highest BCUT2D eigenvalue weighted by atomic mass is 19.4. The number of pyridine rings is 1. The summed E-state index contributed by atoms with van der Waals surface area (Å²) in [5.74, 6) is -1.54. The molecule has 0 radical (unpaired) electrons. The fraction of sp³-hybridized carbons (Fsp3) is 0.100. The summed E-state index contributed by atoms with van der Waals surface area (Å²) >= 11 is 0. The topological polar surface area (TPSA) is 56.0 Å². The summed E-state index contributed by atoms with van der Waals surface area (Å²) in [6, 6.07) is 12.8. The van der Waals surface area contributed by atoms with Crippen molar-refractivity contribution in [2.45, 2.75) is 12.7 Å². The zero-order valence-electron chi connectivity index (χ0n) is 14.3. The molecule has 28 heavy (non-hydrogen) atoms. The number of aromatic nitrogens is 1. The highest BCUT2D eigenvalue weighted by Crippen LogP contribution is 2.33. The minimum absolute atomic E-state index is 0.00225. The van der Waals surface area contributed by atoms with Crippen LogP contribution in [0.15, 0.2) is 66.9 Å². The van der Waals surface area contributed by atoms with Crippen molar-refractivity contribution in [3.8, 4) is 11.1 Å². The van der Waals surface area contributed by atoms with E-state index in [1.165, 1.54) is 30.5 Å². The van der Waals surface area contributed by atoms with Crippen LogP contribution in [0.1, 0.15) is 21.6 Å². The first-order chi connectivity index (χ1) is 13.2. The number of hydrogen-bond acceptors (Lipinski definition) is 2. The molecule has 0 spiro atoms. The molecule has 0 fully saturated rings. The van der Waals surface area contributed by atoms with Gasteiger partial charge < -0.3 is 10.5 Å². The van der Waals surface area contributed by atoms with E-state index in [0.717, 1.165) is 12.1 Å². The number of amides is 1. The van der Waals surface area contributed by atoms with Gasteiger partial charge in [-0.15, -0.1) is 0 Å². The van der Waals surface area contributed by atoms with E-state index in [4.69, 9.17) is 0 Å². The zero-order valence-corrected chi connectivity index (χ0v) is 14.3. The van der Waals surface area contributed by atoms with Gasteiger partial charge in [0, 0.05) is 17.7 Å². The van der Waals surface area contributed by atoms with Gasteiger partial charge in [-0.3, -0.25) is 4.79 Å². The SMILES string of the molecule is O=C(NCc1cccc[n+]1[O-])c1cccc(-c2cc(F)cc(C(F)(F)F)c2)c1. The van der Waals surface area contributed by atoms with Gasteiger partial charge in [-0.2, -0.15) is 17.9 Å². The predicted octanol–water partition coefficient (Wildman–Crippen LogP) is 4.07. The van der Waals surface area contributed by atoms with Crippen LogP contribution in [0.2, 0.25) is 0 Å². The second-order valence-corrected chi connectivity index (χ2v) is 6.01. The maximum Gasteiger partial charge on any atom is 0.416 e. The largest absolute Gasteiger partial charge is 0.618 e. The number of hydrogen-bond donors (Lipinski definition) is 1. The second-order valence-electron chi connectivity index (χ2n) is 6.01. The van der Waals surface area contributed by atoms with Gasteiger partial charge in [0.25, 0.3) is 5.91 Å². The summed E-state index contributed by atoms with van der Waals surface area (Å²) in [7, 11) is 0. The van der Waals surface area contributed by atoms with Crippen LogP contribution in [0, 0.1) is 11.0 Å². The lowest BCUT2D eigenvalue weighted by molar-refractivity contribution is -0.614. The molecule has 0 aliphatic carbocycles. The molecule has 4 nitrogen and oxygen atoms in total. The number of alkyl halides is 3. The number of nitrogens with one attached hydrogen (secondary N) is 1. The zero-order chi connectivity index (χ0) is 20.3. The normalized spacial score (nSPS) is 11.3. The van der Waals surface area contributed by atoms with Gasteiger partial charge in [-0.1, -0.05) is 12.1 Å². The van der Waals surface area contributed by atoms with Crippen LogP contribution >= 0.6 is 0 Å². The third-order valence-corrected chi connectivity index (χ3v) is 4.02. The number of benzene rings is 2. The van der Waals surface area contributed by atoms with E-state index in [0.29, 0.717) is 16.5 Å². The van der Waals surface area contributed by atoms with Gasteiger partial charge in [0.2, 0.25) is 5.69 Å². The molecule has 0 unspecified atom stereocenters. The van der Waals surface area contributed by atoms with E-state index in [2.05, 4.69) is 5.32 Å². The maximum absolute atomic E-state index is 13.6. The van der Waals surface area contributed by atoms with Crippen molar-refractivity contribution < 1.29 is 27.1 Å². The molecule has 3 rings (SSSR count). The molecule has 0 aliphatic heterocycles. The van der Waals surface area contributed by atoms with Crippen molar-refractivity contribution >= 4 is 5.91 Å². The lowest BCUT2D eigenvalue weighted by Gasteiger charge is -2.11. The van der Waals surface area contributed by atoms with Crippen molar-refractivity contribution in [1.29, 1.82) is 0 Å². The summed E-state index contributed by atoms with van der Waals surface area (Å²) in [6.07, 6.45) is -3.39. The van der Waals surface area contributed by atoms with Crippen molar-refractivity contribution in [3.05, 3.63) is 94.7 Å². The van der Waals surface area contributed by atoms with Crippen LogP contribution in [0.3, 0.4) is 0 Å². The molecule has 0 aliphatic rings. The Bertz CT molecular complexity index is 1020. The van der Waals surface area contributed by atoms with E-state index in [-0.39, 0.29) is 23.2 Å². The fourth-order valence-electron chi connectivity index (χ4n) is 2.63. The minimum atomic E-state index is -4.69. The van der Waals surface area contributed by atoms with E-state index < -0.39 is 23.5 Å². The lowest BCUT2D eigenvalue weighted by atomic mass is 10.0. The highest BCUT2D eigenvalue weighted by molar-refractivity contribution is 5.95. The van der Waals surface area contributed by atoms with E-state index in [9.17, 15) is 27.6 Å². The average Bonchev–Trinajstić information content (AvgIpc) is 2.66. The number of carbonyl (C=O) groups is 1. The summed E-state index contributed by atoms with van der Waals surface area (Å²) in [5.41, 5.74) is -0.351. The van der Waals surface area contributed by atoms with Crippen LogP contribution in [0.25, 0.3) is 11.1 Å². The van der Waals surface area contributed by atoms with Crippen molar-refractivity contribution in [3.63, 3.8) is 0 Å². The van der Waals surface area contributed by atoms with Crippen molar-refractivity contribution in [1.82, 2.24) is 5.32 Å². The molecule has 0 bridgehead atoms. The van der Waals surface area contributed by atoms with E-state index in [1.54, 1.807) is 18.2 Å². The van der Waals surface area contributed by atoms with Gasteiger partial charge >= 0.3 is 6.18 Å². The Labute approximate surface area is 157 Å². The van der Waals surface area contributed by atoms with Crippen LogP contribution in [-0.4, -0.2) is 5.91 Å². The van der Waals surface area contributed by atoms with Gasteiger partial charge in [-0.05, 0) is 47.5 Å². The standard InChI is InChI=1S/C20H14F4N2O2/c21-17-10-15(9-16(11-17)20(22,23)24)13-4-3-5-14(8-13)19(27)25-12-18-6-1-2-7-26(18)28/h1-11H,12H2,(H,25,27). The van der Waals surface area contributed by atoms with E-state index >= 15 is 0 Å². The number of halogens is 4. The summed E-state index contributed by atoms with van der Waals surface area (Å²) in [6.45, 7) is -0.0222. The quantitative estimate of drug-likeness (QED) is 0.415. The Hall–Kier alpha value is -3.42. The molecule has 2 aromatic carbocycles. The Morgan fingerprint density at radius 3 is 2.50 bits per heavy atom. The highest BCUT2D eigenvalue weighted by Gasteiger charge is 2.31. The molecule has 1 aromatic heterocycles. The monoisotopic (exact) mass is 390 g/mol. The molecular weight excluding hydrogens is 376 g/mol. The first-order valence-electron chi connectivity index (χ1n) is 8.17. The molecule has 144 valence electrons. The first-order valence-corrected chi connectivity index (χ1v) is 8.17. The van der Waals surface area contributed by atoms with Gasteiger partial charge in [0.05, 0.1) is 5.56 Å². The van der Waals surface area contributed by atoms with Crippen LogP contribution in [-0.2, 0) is 12.7 Å². The van der Waals surface area contributed by atoms with E-state index in [1.807, 2.05) is 0 Å². The van der Waals surface area contributed by atoms with Gasteiger partial charge in [0.15, 0.2) is 6.20 Å². The third kappa shape index (κ3) is 4.46. The Morgan fingerprint density at radius 1 is 1.00 bits per heavy atom. The van der Waals surface area contributed by atoms with Crippen LogP contribution in [0.4, 0.5) is 17.6 Å². The molecule has 0 saturated carbocycles. The average molecular weight is 390 g/mol. The summed E-state index contributed by atoms with van der Waals surface area (Å²) in [5, 5.41) is 14.2. The molecule has 0 atom stereocenters. The van der Waals surface area contributed by atoms with Crippen molar-refractivity contribution in [2.24, 2.45) is 0 Å². The molecule has 0 saturated heterocycles. The van der Waals surface area contributed by atoms with Crippen LogP contribution in [0.5, 0.6) is 0 Å². The van der Waals surface area contributed by atoms with Crippen molar-refractivity contribution in [2.75, 3.05) is 0 Å². The summed E-state index contributed by atoms with van der Waals surface area (Å²) < 4.78 is 53.0. The summed E-state index contributed by atoms with van der Waals surface area (Å²) in [4.78, 5) is 12.3. The number of rotatable bonds is 4. The Morgan fingerprint density at radius 2 is 1.79 bits per heavy atom. The molecular formula is C20H14F4N2O2. The van der Waals surface area contributed by atoms with Gasteiger partial charge in [-0.25, -0.2) is 4.39 Å². The third-order valence-electron chi connectivity index (χ3n) is 4.02. The second kappa shape index (κ2) is 7.67. The molecule has 8 heteroatoms. The van der Waals surface area contributed by atoms with Gasteiger partial charge in [0.1, 0.15) is 12.4 Å². The number of carbonyl (C=O) groups excluding carboxylic acids is 1. The molecule has 3 aromatic rings. The van der Waals surface area contributed by atoms with Crippen LogP contribution < -0.4 is 10.0 Å². The Kier molecular flexibility index (Phi) is 5.30. The number of nitrogens with zero attached hydrogens (tertiary/aromatic N) is 1. The minimum Gasteiger partial charge on any atom is -0.618 e. The lowest BCUT2D eigenvalue weighted by Crippen LogP contribution is -2.35. The molecule has 1 heterocycles. The fourth-order valence-corrected chi connectivity index (χ4v) is 2.63. The predicted molar refractivity (Wildman–Crippen MR) is 93.4 cm³/mol.